The number of para-hydroxylation sites is 1. The lowest BCUT2D eigenvalue weighted by atomic mass is 10.3. The molecular weight excluding hydrogens is 493 g/mol. The Kier molecular flexibility index (Phi) is 9.99. The standard InChI is InChI=1S/C22H31N5O2.HI/c1-3-23-22(24-12-8-13-25(2)19-9-5-4-6-10-19)27-16-14-26(15-17-27)21(28)20-11-7-18-29-20;/h4-7,9-11,18H,3,8,12-17H2,1-2H3,(H,23,24);1H. The smallest absolute Gasteiger partial charge is 0.289 e. The van der Waals surface area contributed by atoms with Crippen LogP contribution >= 0.6 is 24.0 Å². The highest BCUT2D eigenvalue weighted by atomic mass is 127. The lowest BCUT2D eigenvalue weighted by Crippen LogP contribution is -2.53. The molecule has 1 saturated heterocycles. The molecule has 0 radical (unpaired) electrons. The van der Waals surface area contributed by atoms with Gasteiger partial charge >= 0.3 is 0 Å². The number of aliphatic imine (C=N–C) groups is 1. The molecular formula is C22H32IN5O2. The fourth-order valence-corrected chi connectivity index (χ4v) is 3.41. The molecule has 1 fully saturated rings. The normalized spacial score (nSPS) is 14.3. The fourth-order valence-electron chi connectivity index (χ4n) is 3.41. The molecule has 0 saturated carbocycles. The molecule has 2 heterocycles. The summed E-state index contributed by atoms with van der Waals surface area (Å²) in [6.07, 6.45) is 2.52. The van der Waals surface area contributed by atoms with Gasteiger partial charge in [0.25, 0.3) is 5.91 Å². The average molecular weight is 525 g/mol. The highest BCUT2D eigenvalue weighted by molar-refractivity contribution is 14.0. The number of nitrogens with zero attached hydrogens (tertiary/aromatic N) is 4. The SMILES string of the molecule is CCNC(=NCCCN(C)c1ccccc1)N1CCN(C(=O)c2ccco2)CC1.I. The van der Waals surface area contributed by atoms with E-state index in [0.717, 1.165) is 45.1 Å². The third-order valence-electron chi connectivity index (χ3n) is 5.04. The van der Waals surface area contributed by atoms with Gasteiger partial charge in [-0.2, -0.15) is 0 Å². The van der Waals surface area contributed by atoms with Crippen molar-refractivity contribution in [2.75, 3.05) is 57.8 Å². The summed E-state index contributed by atoms with van der Waals surface area (Å²) >= 11 is 0. The van der Waals surface area contributed by atoms with Gasteiger partial charge in [0.15, 0.2) is 11.7 Å². The number of benzene rings is 1. The Balaban J connectivity index is 0.00000320. The van der Waals surface area contributed by atoms with E-state index in [1.807, 2.05) is 11.0 Å². The minimum absolute atomic E-state index is 0. The molecule has 1 aliphatic heterocycles. The van der Waals surface area contributed by atoms with Crippen LogP contribution in [0.15, 0.2) is 58.1 Å². The summed E-state index contributed by atoms with van der Waals surface area (Å²) in [4.78, 5) is 23.5. The third kappa shape index (κ3) is 6.65. The van der Waals surface area contributed by atoms with Gasteiger partial charge in [-0.15, -0.1) is 24.0 Å². The second-order valence-electron chi connectivity index (χ2n) is 7.10. The summed E-state index contributed by atoms with van der Waals surface area (Å²) in [5.41, 5.74) is 1.22. The molecule has 0 aliphatic carbocycles. The molecule has 1 aromatic carbocycles. The first kappa shape index (κ1) is 24.0. The number of amides is 1. The van der Waals surface area contributed by atoms with Crippen LogP contribution in [0.1, 0.15) is 23.9 Å². The van der Waals surface area contributed by atoms with Gasteiger partial charge in [0.2, 0.25) is 0 Å². The van der Waals surface area contributed by atoms with Crippen LogP contribution in [-0.2, 0) is 0 Å². The van der Waals surface area contributed by atoms with Gasteiger partial charge in [-0.05, 0) is 37.6 Å². The molecule has 8 heteroatoms. The van der Waals surface area contributed by atoms with Crippen molar-refractivity contribution in [2.45, 2.75) is 13.3 Å². The van der Waals surface area contributed by atoms with E-state index in [1.165, 1.54) is 12.0 Å². The summed E-state index contributed by atoms with van der Waals surface area (Å²) in [6, 6.07) is 13.9. The number of hydrogen-bond donors (Lipinski definition) is 1. The number of anilines is 1. The monoisotopic (exact) mass is 525 g/mol. The lowest BCUT2D eigenvalue weighted by molar-refractivity contribution is 0.0657. The number of carbonyl (C=O) groups is 1. The summed E-state index contributed by atoms with van der Waals surface area (Å²) in [7, 11) is 2.11. The van der Waals surface area contributed by atoms with Crippen LogP contribution < -0.4 is 10.2 Å². The Morgan fingerprint density at radius 1 is 1.10 bits per heavy atom. The molecule has 0 bridgehead atoms. The molecule has 164 valence electrons. The van der Waals surface area contributed by atoms with Crippen LogP contribution in [0.3, 0.4) is 0 Å². The number of piperazine rings is 1. The van der Waals surface area contributed by atoms with Gasteiger partial charge in [0.05, 0.1) is 6.26 Å². The number of furan rings is 1. The van der Waals surface area contributed by atoms with Crippen molar-refractivity contribution in [3.05, 3.63) is 54.5 Å². The number of hydrogen-bond acceptors (Lipinski definition) is 4. The summed E-state index contributed by atoms with van der Waals surface area (Å²) < 4.78 is 5.23. The maximum Gasteiger partial charge on any atom is 0.289 e. The van der Waals surface area contributed by atoms with Gasteiger partial charge in [-0.1, -0.05) is 18.2 Å². The largest absolute Gasteiger partial charge is 0.459 e. The molecule has 0 spiro atoms. The highest BCUT2D eigenvalue weighted by Gasteiger charge is 2.25. The van der Waals surface area contributed by atoms with Crippen molar-refractivity contribution in [1.29, 1.82) is 0 Å². The van der Waals surface area contributed by atoms with E-state index in [0.29, 0.717) is 18.8 Å². The lowest BCUT2D eigenvalue weighted by Gasteiger charge is -2.36. The van der Waals surface area contributed by atoms with Gasteiger partial charge in [-0.25, -0.2) is 0 Å². The van der Waals surface area contributed by atoms with Crippen LogP contribution in [0.25, 0.3) is 0 Å². The molecule has 2 aromatic rings. The van der Waals surface area contributed by atoms with E-state index in [2.05, 4.69) is 53.4 Å². The number of rotatable bonds is 7. The highest BCUT2D eigenvalue weighted by Crippen LogP contribution is 2.12. The molecule has 1 aliphatic rings. The molecule has 1 amide bonds. The molecule has 7 nitrogen and oxygen atoms in total. The number of nitrogens with one attached hydrogen (secondary N) is 1. The van der Waals surface area contributed by atoms with E-state index in [1.54, 1.807) is 12.1 Å². The second-order valence-corrected chi connectivity index (χ2v) is 7.10. The Labute approximate surface area is 196 Å². The maximum atomic E-state index is 12.4. The minimum Gasteiger partial charge on any atom is -0.459 e. The first-order chi connectivity index (χ1) is 14.2. The second kappa shape index (κ2) is 12.5. The Morgan fingerprint density at radius 3 is 2.43 bits per heavy atom. The predicted octanol–water partition coefficient (Wildman–Crippen LogP) is 3.15. The van der Waals surface area contributed by atoms with Crippen LogP contribution in [0.4, 0.5) is 5.69 Å². The van der Waals surface area contributed by atoms with Gasteiger partial charge in [0, 0.05) is 58.5 Å². The number of carbonyl (C=O) groups excluding carboxylic acids is 1. The average Bonchev–Trinajstić information content (AvgIpc) is 3.31. The minimum atomic E-state index is -0.0412. The van der Waals surface area contributed by atoms with E-state index in [9.17, 15) is 4.79 Å². The van der Waals surface area contributed by atoms with Gasteiger partial charge in [0.1, 0.15) is 0 Å². The summed E-state index contributed by atoms with van der Waals surface area (Å²) in [6.45, 7) is 7.50. The van der Waals surface area contributed by atoms with Crippen molar-refractivity contribution in [1.82, 2.24) is 15.1 Å². The van der Waals surface area contributed by atoms with Crippen LogP contribution in [-0.4, -0.2) is 74.5 Å². The first-order valence-electron chi connectivity index (χ1n) is 10.3. The molecule has 1 aromatic heterocycles. The molecule has 1 N–H and O–H groups in total. The van der Waals surface area contributed by atoms with Crippen LogP contribution in [0, 0.1) is 0 Å². The van der Waals surface area contributed by atoms with E-state index >= 15 is 0 Å². The Bertz CT molecular complexity index is 774. The molecule has 0 atom stereocenters. The zero-order valence-corrected chi connectivity index (χ0v) is 20.1. The van der Waals surface area contributed by atoms with Crippen molar-refractivity contribution in [3.8, 4) is 0 Å². The quantitative estimate of drug-likeness (QED) is 0.261. The van der Waals surface area contributed by atoms with Gasteiger partial charge in [-0.3, -0.25) is 9.79 Å². The topological polar surface area (TPSA) is 64.3 Å². The van der Waals surface area contributed by atoms with Crippen LogP contribution in [0.2, 0.25) is 0 Å². The van der Waals surface area contributed by atoms with E-state index in [-0.39, 0.29) is 29.9 Å². The van der Waals surface area contributed by atoms with E-state index in [4.69, 9.17) is 9.41 Å². The van der Waals surface area contributed by atoms with Crippen molar-refractivity contribution in [3.63, 3.8) is 0 Å². The zero-order valence-electron chi connectivity index (χ0n) is 17.8. The molecule has 3 rings (SSSR count). The maximum absolute atomic E-state index is 12.4. The Hall–Kier alpha value is -2.23. The Morgan fingerprint density at radius 2 is 1.80 bits per heavy atom. The first-order valence-corrected chi connectivity index (χ1v) is 10.3. The summed E-state index contributed by atoms with van der Waals surface area (Å²) in [5.74, 6) is 1.29. The van der Waals surface area contributed by atoms with Crippen molar-refractivity contribution < 1.29 is 9.21 Å². The van der Waals surface area contributed by atoms with E-state index < -0.39 is 0 Å². The van der Waals surface area contributed by atoms with Crippen molar-refractivity contribution in [2.24, 2.45) is 4.99 Å². The third-order valence-corrected chi connectivity index (χ3v) is 5.04. The van der Waals surface area contributed by atoms with Crippen molar-refractivity contribution >= 4 is 41.5 Å². The summed E-state index contributed by atoms with van der Waals surface area (Å²) in [5, 5.41) is 3.38. The molecule has 0 unspecified atom stereocenters. The molecule has 30 heavy (non-hydrogen) atoms. The van der Waals surface area contributed by atoms with Gasteiger partial charge < -0.3 is 24.4 Å². The zero-order chi connectivity index (χ0) is 20.5. The predicted molar refractivity (Wildman–Crippen MR) is 132 cm³/mol. The number of guanidine groups is 1. The fraction of sp³-hybridized carbons (Fsp3) is 0.455. The number of halogens is 1. The van der Waals surface area contributed by atoms with Crippen LogP contribution in [0.5, 0.6) is 0 Å².